The molecule has 0 aliphatic rings. The van der Waals surface area contributed by atoms with Gasteiger partial charge in [-0.25, -0.2) is 4.79 Å². The summed E-state index contributed by atoms with van der Waals surface area (Å²) >= 11 is 3.36. The normalized spacial score (nSPS) is 9.80. The Bertz CT molecular complexity index is 368. The van der Waals surface area contributed by atoms with Crippen LogP contribution >= 0.6 is 15.9 Å². The second kappa shape index (κ2) is 5.02. The Morgan fingerprint density at radius 1 is 1.60 bits per heavy atom. The highest BCUT2D eigenvalue weighted by Gasteiger charge is 2.11. The fourth-order valence-electron chi connectivity index (χ4n) is 1.04. The Balaban J connectivity index is 2.80. The number of amides is 1. The lowest BCUT2D eigenvalue weighted by atomic mass is 10.2. The van der Waals surface area contributed by atoms with E-state index in [-0.39, 0.29) is 6.54 Å². The zero-order valence-electron chi connectivity index (χ0n) is 8.53. The van der Waals surface area contributed by atoms with Gasteiger partial charge in [0, 0.05) is 4.47 Å². The van der Waals surface area contributed by atoms with Crippen molar-refractivity contribution < 1.29 is 14.7 Å². The molecule has 0 aromatic heterocycles. The van der Waals surface area contributed by atoms with Crippen LogP contribution < -0.4 is 4.84 Å². The molecule has 0 bridgehead atoms. The molecule has 1 aromatic rings. The van der Waals surface area contributed by atoms with Gasteiger partial charge in [0.25, 0.3) is 0 Å². The van der Waals surface area contributed by atoms with Crippen LogP contribution in [0, 0.1) is 6.92 Å². The molecule has 1 rings (SSSR count). The summed E-state index contributed by atoms with van der Waals surface area (Å²) in [6.07, 6.45) is -1.10. The summed E-state index contributed by atoms with van der Waals surface area (Å²) in [5.74, 6) is 0.514. The quantitative estimate of drug-likeness (QED) is 0.862. The van der Waals surface area contributed by atoms with Crippen molar-refractivity contribution in [2.24, 2.45) is 0 Å². The molecule has 0 fully saturated rings. The van der Waals surface area contributed by atoms with Crippen molar-refractivity contribution in [1.82, 2.24) is 5.06 Å². The van der Waals surface area contributed by atoms with Crippen molar-refractivity contribution in [3.05, 3.63) is 28.2 Å². The number of nitrogens with zero attached hydrogens (tertiary/aromatic N) is 1. The summed E-state index contributed by atoms with van der Waals surface area (Å²) in [5.41, 5.74) is 0.994. The number of carbonyl (C=O) groups is 1. The second-order valence-electron chi connectivity index (χ2n) is 2.98. The largest absolute Gasteiger partial charge is 0.463 e. The number of aryl methyl sites for hydroxylation is 1. The highest BCUT2D eigenvalue weighted by Crippen LogP contribution is 2.22. The third-order valence-electron chi connectivity index (χ3n) is 1.85. The average Bonchev–Trinajstić information content (AvgIpc) is 2.19. The van der Waals surface area contributed by atoms with Gasteiger partial charge in [0.15, 0.2) is 5.75 Å². The molecule has 4 nitrogen and oxygen atoms in total. The number of rotatable bonds is 3. The summed E-state index contributed by atoms with van der Waals surface area (Å²) in [5, 5.41) is 9.63. The van der Waals surface area contributed by atoms with E-state index in [0.717, 1.165) is 15.1 Å². The first-order chi connectivity index (χ1) is 7.04. The number of hydroxylamine groups is 2. The van der Waals surface area contributed by atoms with E-state index in [1.54, 1.807) is 19.1 Å². The Morgan fingerprint density at radius 3 is 2.73 bits per heavy atom. The van der Waals surface area contributed by atoms with Gasteiger partial charge < -0.3 is 9.94 Å². The maximum Gasteiger partial charge on any atom is 0.440 e. The predicted molar refractivity (Wildman–Crippen MR) is 59.9 cm³/mol. The molecule has 15 heavy (non-hydrogen) atoms. The molecule has 0 saturated heterocycles. The molecule has 0 unspecified atom stereocenters. The van der Waals surface area contributed by atoms with Gasteiger partial charge in [-0.3, -0.25) is 0 Å². The summed E-state index contributed by atoms with van der Waals surface area (Å²) < 4.78 is 0.966. The molecule has 0 saturated carbocycles. The summed E-state index contributed by atoms with van der Waals surface area (Å²) in [6, 6.07) is 5.30. The van der Waals surface area contributed by atoms with Gasteiger partial charge in [-0.2, -0.15) is 0 Å². The number of hydrogen-bond donors (Lipinski definition) is 1. The van der Waals surface area contributed by atoms with Crippen molar-refractivity contribution >= 4 is 22.0 Å². The van der Waals surface area contributed by atoms with Crippen LogP contribution in [0.5, 0.6) is 5.75 Å². The Morgan fingerprint density at radius 2 is 2.27 bits per heavy atom. The lowest BCUT2D eigenvalue weighted by Gasteiger charge is -2.17. The highest BCUT2D eigenvalue weighted by atomic mass is 79.9. The standard InChI is InChI=1S/C10H12BrNO3/c1-3-12(10(13)14)15-8-4-5-9(11)7(2)6-8/h4-6H,3H2,1-2H3,(H,13,14). The van der Waals surface area contributed by atoms with Crippen molar-refractivity contribution in [2.75, 3.05) is 6.54 Å². The van der Waals surface area contributed by atoms with E-state index in [0.29, 0.717) is 5.75 Å². The molecule has 0 spiro atoms. The number of carboxylic acid groups (broad SMARTS) is 1. The van der Waals surface area contributed by atoms with Gasteiger partial charge in [0.1, 0.15) is 0 Å². The van der Waals surface area contributed by atoms with Gasteiger partial charge in [0.05, 0.1) is 6.54 Å². The fraction of sp³-hybridized carbons (Fsp3) is 0.300. The number of halogens is 1. The van der Waals surface area contributed by atoms with Crippen molar-refractivity contribution in [3.63, 3.8) is 0 Å². The van der Waals surface area contributed by atoms with Crippen LogP contribution in [0.1, 0.15) is 12.5 Å². The average molecular weight is 274 g/mol. The summed E-state index contributed by atoms with van der Waals surface area (Å²) in [6.45, 7) is 3.90. The third kappa shape index (κ3) is 3.13. The summed E-state index contributed by atoms with van der Waals surface area (Å²) in [7, 11) is 0. The second-order valence-corrected chi connectivity index (χ2v) is 3.83. The zero-order chi connectivity index (χ0) is 11.4. The molecule has 1 aromatic carbocycles. The maximum absolute atomic E-state index is 10.7. The molecule has 0 heterocycles. The minimum atomic E-state index is -1.10. The van der Waals surface area contributed by atoms with Crippen LogP contribution in [0.4, 0.5) is 4.79 Å². The third-order valence-corrected chi connectivity index (χ3v) is 2.74. The van der Waals surface area contributed by atoms with E-state index >= 15 is 0 Å². The lowest BCUT2D eigenvalue weighted by Crippen LogP contribution is -2.32. The van der Waals surface area contributed by atoms with Gasteiger partial charge in [-0.1, -0.05) is 15.9 Å². The SMILES string of the molecule is CCN(Oc1ccc(Br)c(C)c1)C(=O)O. The molecular weight excluding hydrogens is 262 g/mol. The van der Waals surface area contributed by atoms with E-state index in [4.69, 9.17) is 9.94 Å². The van der Waals surface area contributed by atoms with Crippen molar-refractivity contribution in [1.29, 1.82) is 0 Å². The van der Waals surface area contributed by atoms with Crippen LogP contribution in [-0.4, -0.2) is 22.8 Å². The molecule has 5 heteroatoms. The van der Waals surface area contributed by atoms with Crippen LogP contribution in [0.3, 0.4) is 0 Å². The van der Waals surface area contributed by atoms with Crippen LogP contribution in [0.25, 0.3) is 0 Å². The van der Waals surface area contributed by atoms with Crippen molar-refractivity contribution in [2.45, 2.75) is 13.8 Å². The van der Waals surface area contributed by atoms with E-state index < -0.39 is 6.09 Å². The Kier molecular flexibility index (Phi) is 3.96. The van der Waals surface area contributed by atoms with E-state index in [1.807, 2.05) is 13.0 Å². The minimum absolute atomic E-state index is 0.282. The lowest BCUT2D eigenvalue weighted by molar-refractivity contribution is -0.0315. The van der Waals surface area contributed by atoms with Gasteiger partial charge >= 0.3 is 6.09 Å². The molecule has 1 N–H and O–H groups in total. The summed E-state index contributed by atoms with van der Waals surface area (Å²) in [4.78, 5) is 15.9. The minimum Gasteiger partial charge on any atom is -0.463 e. The molecule has 1 amide bonds. The van der Waals surface area contributed by atoms with Crippen LogP contribution in [0.2, 0.25) is 0 Å². The van der Waals surface area contributed by atoms with Gasteiger partial charge in [-0.15, -0.1) is 5.06 Å². The monoisotopic (exact) mass is 273 g/mol. The van der Waals surface area contributed by atoms with E-state index in [1.165, 1.54) is 0 Å². The first kappa shape index (κ1) is 11.8. The molecule has 0 aliphatic carbocycles. The van der Waals surface area contributed by atoms with E-state index in [2.05, 4.69) is 15.9 Å². The highest BCUT2D eigenvalue weighted by molar-refractivity contribution is 9.10. The molecule has 82 valence electrons. The Hall–Kier alpha value is -1.23. The maximum atomic E-state index is 10.7. The van der Waals surface area contributed by atoms with Crippen molar-refractivity contribution in [3.8, 4) is 5.75 Å². The Labute approximate surface area is 96.5 Å². The van der Waals surface area contributed by atoms with E-state index in [9.17, 15) is 4.79 Å². The topological polar surface area (TPSA) is 49.8 Å². The molecule has 0 atom stereocenters. The van der Waals surface area contributed by atoms with Crippen LogP contribution in [0.15, 0.2) is 22.7 Å². The van der Waals surface area contributed by atoms with Crippen LogP contribution in [-0.2, 0) is 0 Å². The smallest absolute Gasteiger partial charge is 0.440 e. The first-order valence-corrected chi connectivity index (χ1v) is 5.28. The number of hydrogen-bond acceptors (Lipinski definition) is 2. The zero-order valence-corrected chi connectivity index (χ0v) is 10.1. The predicted octanol–water partition coefficient (Wildman–Crippen LogP) is 3.05. The first-order valence-electron chi connectivity index (χ1n) is 4.49. The molecular formula is C10H12BrNO3. The molecule has 0 aliphatic heterocycles. The van der Waals surface area contributed by atoms with Gasteiger partial charge in [0.2, 0.25) is 0 Å². The fourth-order valence-corrected chi connectivity index (χ4v) is 1.29. The number of benzene rings is 1. The van der Waals surface area contributed by atoms with Gasteiger partial charge in [-0.05, 0) is 37.6 Å². The molecule has 0 radical (unpaired) electrons.